The van der Waals surface area contributed by atoms with Crippen molar-refractivity contribution in [2.24, 2.45) is 0 Å². The number of benzene rings is 4. The molecule has 0 bridgehead atoms. The molecule has 0 heterocycles. The first-order valence-corrected chi connectivity index (χ1v) is 12.5. The topological polar surface area (TPSA) is 35.5 Å². The molecule has 0 N–H and O–H groups in total. The molecule has 188 valence electrons. The van der Waals surface area contributed by atoms with Gasteiger partial charge in [-0.3, -0.25) is 0 Å². The van der Waals surface area contributed by atoms with Gasteiger partial charge < -0.3 is 9.47 Å². The number of esters is 1. The summed E-state index contributed by atoms with van der Waals surface area (Å²) in [6, 6.07) is 29.3. The number of carbonyl (C=O) groups excluding carboxylic acids is 1. The standard InChI is InChI=1S/C33H31FO3/c1-4-5-24-6-8-27(9-7-24)29-16-19-31(32(34)22-29)28-12-10-25(11-13-28)26-14-17-30(18-15-26)36-20-21-37-33(35)23(2)3/h6-19,22H,2,4-5,20-21H2,1,3H3. The summed E-state index contributed by atoms with van der Waals surface area (Å²) in [5, 5.41) is 0. The van der Waals surface area contributed by atoms with Crippen LogP contribution in [0.1, 0.15) is 25.8 Å². The zero-order chi connectivity index (χ0) is 26.2. The average molecular weight is 495 g/mol. The minimum atomic E-state index is -0.421. The number of rotatable bonds is 10. The number of ether oxygens (including phenoxy) is 2. The molecule has 0 amide bonds. The fraction of sp³-hybridized carbons (Fsp3) is 0.182. The van der Waals surface area contributed by atoms with Gasteiger partial charge in [0, 0.05) is 11.1 Å². The van der Waals surface area contributed by atoms with Crippen LogP contribution < -0.4 is 4.74 Å². The molecule has 0 spiro atoms. The largest absolute Gasteiger partial charge is 0.490 e. The van der Waals surface area contributed by atoms with Crippen molar-refractivity contribution in [3.05, 3.63) is 115 Å². The van der Waals surface area contributed by atoms with Crippen LogP contribution >= 0.6 is 0 Å². The third-order valence-corrected chi connectivity index (χ3v) is 6.11. The molecule has 4 heteroatoms. The van der Waals surface area contributed by atoms with Crippen LogP contribution in [0.2, 0.25) is 0 Å². The summed E-state index contributed by atoms with van der Waals surface area (Å²) < 4.78 is 25.7. The molecule has 0 atom stereocenters. The van der Waals surface area contributed by atoms with E-state index in [4.69, 9.17) is 9.47 Å². The molecule has 0 aliphatic rings. The average Bonchev–Trinajstić information content (AvgIpc) is 2.92. The molecule has 0 radical (unpaired) electrons. The Morgan fingerprint density at radius 3 is 1.89 bits per heavy atom. The minimum absolute atomic E-state index is 0.164. The number of hydrogen-bond donors (Lipinski definition) is 0. The lowest BCUT2D eigenvalue weighted by Crippen LogP contribution is -2.12. The van der Waals surface area contributed by atoms with E-state index in [2.05, 4.69) is 37.8 Å². The number of halogens is 1. The molecular weight excluding hydrogens is 463 g/mol. The Morgan fingerprint density at radius 2 is 1.30 bits per heavy atom. The molecule has 0 saturated carbocycles. The summed E-state index contributed by atoms with van der Waals surface area (Å²) in [6.45, 7) is 7.74. The third-order valence-electron chi connectivity index (χ3n) is 6.11. The predicted octanol–water partition coefficient (Wildman–Crippen LogP) is 8.28. The maximum Gasteiger partial charge on any atom is 0.333 e. The summed E-state index contributed by atoms with van der Waals surface area (Å²) in [5.74, 6) is 0.0301. The molecule has 0 aromatic heterocycles. The summed E-state index contributed by atoms with van der Waals surface area (Å²) in [7, 11) is 0. The van der Waals surface area contributed by atoms with Crippen molar-refractivity contribution in [3.8, 4) is 39.1 Å². The Hall–Kier alpha value is -4.18. The van der Waals surface area contributed by atoms with Crippen molar-refractivity contribution >= 4 is 5.97 Å². The molecule has 0 fully saturated rings. The van der Waals surface area contributed by atoms with E-state index >= 15 is 4.39 Å². The van der Waals surface area contributed by atoms with Gasteiger partial charge in [0.25, 0.3) is 0 Å². The fourth-order valence-electron chi connectivity index (χ4n) is 4.08. The zero-order valence-corrected chi connectivity index (χ0v) is 21.3. The quantitative estimate of drug-likeness (QED) is 0.126. The smallest absolute Gasteiger partial charge is 0.333 e. The summed E-state index contributed by atoms with van der Waals surface area (Å²) in [6.07, 6.45) is 2.16. The van der Waals surface area contributed by atoms with Crippen molar-refractivity contribution in [2.75, 3.05) is 13.2 Å². The molecule has 4 aromatic carbocycles. The van der Waals surface area contributed by atoms with Crippen LogP contribution in [0.25, 0.3) is 33.4 Å². The van der Waals surface area contributed by atoms with Crippen molar-refractivity contribution in [2.45, 2.75) is 26.7 Å². The van der Waals surface area contributed by atoms with E-state index in [9.17, 15) is 4.79 Å². The molecule has 0 aliphatic carbocycles. The van der Waals surface area contributed by atoms with Gasteiger partial charge in [0.15, 0.2) is 0 Å². The minimum Gasteiger partial charge on any atom is -0.490 e. The van der Waals surface area contributed by atoms with E-state index in [1.54, 1.807) is 13.0 Å². The lowest BCUT2D eigenvalue weighted by atomic mass is 9.97. The van der Waals surface area contributed by atoms with Gasteiger partial charge in [-0.2, -0.15) is 0 Å². The Balaban J connectivity index is 1.39. The van der Waals surface area contributed by atoms with Crippen molar-refractivity contribution in [3.63, 3.8) is 0 Å². The van der Waals surface area contributed by atoms with Crippen LogP contribution in [0.15, 0.2) is 103 Å². The highest BCUT2D eigenvalue weighted by Gasteiger charge is 2.09. The lowest BCUT2D eigenvalue weighted by molar-refractivity contribution is -0.139. The molecule has 0 aliphatic heterocycles. The van der Waals surface area contributed by atoms with Crippen molar-refractivity contribution in [1.82, 2.24) is 0 Å². The van der Waals surface area contributed by atoms with Gasteiger partial charge in [-0.25, -0.2) is 9.18 Å². The van der Waals surface area contributed by atoms with Gasteiger partial charge in [-0.05, 0) is 64.9 Å². The highest BCUT2D eigenvalue weighted by molar-refractivity contribution is 5.86. The van der Waals surface area contributed by atoms with Gasteiger partial charge in [-0.15, -0.1) is 0 Å². The first-order valence-electron chi connectivity index (χ1n) is 12.5. The van der Waals surface area contributed by atoms with E-state index in [1.807, 2.05) is 60.7 Å². The summed E-state index contributed by atoms with van der Waals surface area (Å²) in [5.41, 5.74) is 7.00. The van der Waals surface area contributed by atoms with E-state index in [-0.39, 0.29) is 19.0 Å². The highest BCUT2D eigenvalue weighted by atomic mass is 19.1. The van der Waals surface area contributed by atoms with Crippen LogP contribution in [-0.2, 0) is 16.0 Å². The molecule has 0 unspecified atom stereocenters. The van der Waals surface area contributed by atoms with Gasteiger partial charge in [0.2, 0.25) is 0 Å². The van der Waals surface area contributed by atoms with Crippen LogP contribution in [0, 0.1) is 5.82 Å². The monoisotopic (exact) mass is 494 g/mol. The molecular formula is C33H31FO3. The van der Waals surface area contributed by atoms with Crippen LogP contribution in [0.3, 0.4) is 0 Å². The second-order valence-electron chi connectivity index (χ2n) is 9.01. The molecule has 3 nitrogen and oxygen atoms in total. The second-order valence-corrected chi connectivity index (χ2v) is 9.01. The van der Waals surface area contributed by atoms with Crippen molar-refractivity contribution in [1.29, 1.82) is 0 Å². The third kappa shape index (κ3) is 6.73. The maximum absolute atomic E-state index is 15.1. The molecule has 4 rings (SSSR count). The first-order chi connectivity index (χ1) is 17.9. The van der Waals surface area contributed by atoms with Crippen LogP contribution in [-0.4, -0.2) is 19.2 Å². The SMILES string of the molecule is C=C(C)C(=O)OCCOc1ccc(-c2ccc(-c3ccc(-c4ccc(CCC)cc4)cc3F)cc2)cc1. The fourth-order valence-corrected chi connectivity index (χ4v) is 4.08. The Morgan fingerprint density at radius 1 is 0.757 bits per heavy atom. The lowest BCUT2D eigenvalue weighted by Gasteiger charge is -2.10. The first kappa shape index (κ1) is 25.9. The zero-order valence-electron chi connectivity index (χ0n) is 21.3. The highest BCUT2D eigenvalue weighted by Crippen LogP contribution is 2.30. The maximum atomic E-state index is 15.1. The van der Waals surface area contributed by atoms with E-state index in [1.165, 1.54) is 5.56 Å². The second kappa shape index (κ2) is 12.2. The van der Waals surface area contributed by atoms with Gasteiger partial charge in [0.05, 0.1) is 0 Å². The van der Waals surface area contributed by atoms with Crippen LogP contribution in [0.4, 0.5) is 4.39 Å². The summed E-state index contributed by atoms with van der Waals surface area (Å²) in [4.78, 5) is 11.4. The van der Waals surface area contributed by atoms with Gasteiger partial charge in [0.1, 0.15) is 24.8 Å². The Bertz CT molecular complexity index is 1350. The van der Waals surface area contributed by atoms with Gasteiger partial charge in [-0.1, -0.05) is 92.7 Å². The normalized spacial score (nSPS) is 10.7. The molecule has 4 aromatic rings. The van der Waals surface area contributed by atoms with Crippen molar-refractivity contribution < 1.29 is 18.7 Å². The number of aryl methyl sites for hydroxylation is 1. The number of carbonyl (C=O) groups is 1. The van der Waals surface area contributed by atoms with E-state index in [0.717, 1.165) is 40.7 Å². The van der Waals surface area contributed by atoms with E-state index in [0.29, 0.717) is 16.9 Å². The Labute approximate surface area is 218 Å². The molecule has 0 saturated heterocycles. The molecule has 37 heavy (non-hydrogen) atoms. The van der Waals surface area contributed by atoms with E-state index < -0.39 is 5.97 Å². The summed E-state index contributed by atoms with van der Waals surface area (Å²) >= 11 is 0. The predicted molar refractivity (Wildman–Crippen MR) is 148 cm³/mol. The van der Waals surface area contributed by atoms with Crippen LogP contribution in [0.5, 0.6) is 5.75 Å². The number of hydrogen-bond acceptors (Lipinski definition) is 3. The van der Waals surface area contributed by atoms with Gasteiger partial charge >= 0.3 is 5.97 Å². The Kier molecular flexibility index (Phi) is 8.52.